The summed E-state index contributed by atoms with van der Waals surface area (Å²) >= 11 is 1.61. The number of aromatic nitrogens is 2. The minimum Gasteiger partial charge on any atom is -0.497 e. The minimum atomic E-state index is -0.0581. The van der Waals surface area contributed by atoms with Gasteiger partial charge in [-0.1, -0.05) is 20.8 Å². The Kier molecular flexibility index (Phi) is 6.53. The molecule has 2 heterocycles. The molecule has 0 aliphatic carbocycles. The molecule has 2 N–H and O–H groups in total. The Morgan fingerprint density at radius 3 is 2.52 bits per heavy atom. The third-order valence-corrected chi connectivity index (χ3v) is 5.19. The number of hydrogen-bond acceptors (Lipinski definition) is 6. The molecule has 8 heteroatoms. The number of guanidine groups is 1. The van der Waals surface area contributed by atoms with E-state index in [2.05, 4.69) is 41.4 Å². The summed E-state index contributed by atoms with van der Waals surface area (Å²) in [5.74, 6) is 3.00. The van der Waals surface area contributed by atoms with Crippen molar-refractivity contribution in [3.8, 4) is 16.3 Å². The lowest BCUT2D eigenvalue weighted by molar-refractivity contribution is 0.379. The van der Waals surface area contributed by atoms with Gasteiger partial charge in [-0.15, -0.1) is 11.3 Å². The van der Waals surface area contributed by atoms with Crippen LogP contribution in [0.1, 0.15) is 38.1 Å². The first-order valence-electron chi connectivity index (χ1n) is 9.37. The molecule has 2 aromatic heterocycles. The molecule has 3 aromatic rings. The largest absolute Gasteiger partial charge is 0.497 e. The molecule has 0 aliphatic heterocycles. The zero-order chi connectivity index (χ0) is 20.9. The fourth-order valence-corrected chi connectivity index (χ4v) is 3.37. The van der Waals surface area contributed by atoms with Crippen LogP contribution in [0, 0.1) is 0 Å². The highest BCUT2D eigenvalue weighted by atomic mass is 32.1. The van der Waals surface area contributed by atoms with Gasteiger partial charge < -0.3 is 19.8 Å². The number of methoxy groups -OCH3 is 1. The summed E-state index contributed by atoms with van der Waals surface area (Å²) in [7, 11) is 3.39. The van der Waals surface area contributed by atoms with Crippen molar-refractivity contribution in [2.24, 2.45) is 4.99 Å². The van der Waals surface area contributed by atoms with Crippen LogP contribution in [-0.4, -0.2) is 30.1 Å². The number of benzene rings is 1. The average Bonchev–Trinajstić information content (AvgIpc) is 3.38. The summed E-state index contributed by atoms with van der Waals surface area (Å²) in [6.07, 6.45) is 1.78. The first-order valence-corrected chi connectivity index (χ1v) is 10.3. The van der Waals surface area contributed by atoms with Crippen LogP contribution >= 0.6 is 11.3 Å². The van der Waals surface area contributed by atoms with E-state index in [4.69, 9.17) is 14.1 Å². The highest BCUT2D eigenvalue weighted by Crippen LogP contribution is 2.25. The van der Waals surface area contributed by atoms with E-state index >= 15 is 0 Å². The lowest BCUT2D eigenvalue weighted by Crippen LogP contribution is -2.36. The molecule has 0 fully saturated rings. The van der Waals surface area contributed by atoms with Gasteiger partial charge >= 0.3 is 0 Å². The van der Waals surface area contributed by atoms with Gasteiger partial charge in [0.1, 0.15) is 16.5 Å². The molecule has 1 aromatic carbocycles. The van der Waals surface area contributed by atoms with Crippen molar-refractivity contribution >= 4 is 17.3 Å². The minimum absolute atomic E-state index is 0.0581. The molecule has 0 saturated carbocycles. The highest BCUT2D eigenvalue weighted by Gasteiger charge is 2.19. The van der Waals surface area contributed by atoms with E-state index in [9.17, 15) is 0 Å². The Bertz CT molecular complexity index is 954. The molecular weight excluding hydrogens is 386 g/mol. The van der Waals surface area contributed by atoms with Gasteiger partial charge in [0.2, 0.25) is 5.89 Å². The number of hydrogen-bond donors (Lipinski definition) is 2. The van der Waals surface area contributed by atoms with Crippen LogP contribution in [0.15, 0.2) is 45.3 Å². The van der Waals surface area contributed by atoms with Gasteiger partial charge in [0.15, 0.2) is 5.96 Å². The van der Waals surface area contributed by atoms with E-state index in [0.29, 0.717) is 24.9 Å². The topological polar surface area (TPSA) is 84.6 Å². The first-order chi connectivity index (χ1) is 13.9. The van der Waals surface area contributed by atoms with Crippen LogP contribution in [0.5, 0.6) is 5.75 Å². The Morgan fingerprint density at radius 1 is 1.17 bits per heavy atom. The zero-order valence-electron chi connectivity index (χ0n) is 17.4. The Balaban J connectivity index is 1.53. The third-order valence-electron chi connectivity index (χ3n) is 4.25. The van der Waals surface area contributed by atoms with E-state index in [1.54, 1.807) is 31.7 Å². The second-order valence-corrected chi connectivity index (χ2v) is 8.38. The maximum absolute atomic E-state index is 5.80. The maximum Gasteiger partial charge on any atom is 0.213 e. The lowest BCUT2D eigenvalue weighted by atomic mass is 9.94. The molecule has 0 radical (unpaired) electrons. The van der Waals surface area contributed by atoms with Crippen LogP contribution < -0.4 is 15.4 Å². The van der Waals surface area contributed by atoms with E-state index in [1.165, 1.54) is 0 Å². The molecular formula is C21H27N5O2S. The number of nitrogens with zero attached hydrogens (tertiary/aromatic N) is 3. The lowest BCUT2D eigenvalue weighted by Gasteiger charge is -2.13. The van der Waals surface area contributed by atoms with Crippen LogP contribution in [0.25, 0.3) is 10.6 Å². The average molecular weight is 414 g/mol. The summed E-state index contributed by atoms with van der Waals surface area (Å²) in [6.45, 7) is 7.33. The van der Waals surface area contributed by atoms with E-state index in [0.717, 1.165) is 27.8 Å². The summed E-state index contributed by atoms with van der Waals surface area (Å²) in [4.78, 5) is 13.3. The molecule has 154 valence electrons. The highest BCUT2D eigenvalue weighted by molar-refractivity contribution is 7.13. The summed E-state index contributed by atoms with van der Waals surface area (Å²) in [5, 5.41) is 9.51. The van der Waals surface area contributed by atoms with E-state index in [1.807, 2.05) is 29.6 Å². The van der Waals surface area contributed by atoms with Crippen LogP contribution in [-0.2, 0) is 18.5 Å². The quantitative estimate of drug-likeness (QED) is 0.470. The number of aliphatic imine (C=N–C) groups is 1. The maximum atomic E-state index is 5.80. The SMILES string of the molecule is CN=C(NCc1csc(-c2ccc(OC)cc2)n1)NCc1ncc(C(C)(C)C)o1. The van der Waals surface area contributed by atoms with Crippen molar-refractivity contribution in [2.75, 3.05) is 14.2 Å². The molecule has 0 bridgehead atoms. The Morgan fingerprint density at radius 2 is 1.90 bits per heavy atom. The number of ether oxygens (including phenoxy) is 1. The fraction of sp³-hybridized carbons (Fsp3) is 0.381. The molecule has 0 unspecified atom stereocenters. The predicted molar refractivity (Wildman–Crippen MR) is 116 cm³/mol. The van der Waals surface area contributed by atoms with Crippen molar-refractivity contribution < 1.29 is 9.15 Å². The standard InChI is InChI=1S/C21H27N5O2S/c1-21(2,3)17-11-23-18(28-17)12-25-20(22-4)24-10-15-13-29-19(26-15)14-6-8-16(27-5)9-7-14/h6-9,11,13H,10,12H2,1-5H3,(H2,22,24,25). The monoisotopic (exact) mass is 413 g/mol. The van der Waals surface area contributed by atoms with Crippen molar-refractivity contribution in [3.63, 3.8) is 0 Å². The van der Waals surface area contributed by atoms with Gasteiger partial charge in [0.25, 0.3) is 0 Å². The van der Waals surface area contributed by atoms with Crippen molar-refractivity contribution in [2.45, 2.75) is 39.3 Å². The smallest absolute Gasteiger partial charge is 0.213 e. The van der Waals surface area contributed by atoms with Gasteiger partial charge in [-0.25, -0.2) is 9.97 Å². The fourth-order valence-electron chi connectivity index (χ4n) is 2.55. The molecule has 0 spiro atoms. The molecule has 3 rings (SSSR count). The second kappa shape index (κ2) is 9.09. The van der Waals surface area contributed by atoms with Crippen LogP contribution in [0.3, 0.4) is 0 Å². The van der Waals surface area contributed by atoms with Gasteiger partial charge in [-0.2, -0.15) is 0 Å². The number of thiazole rings is 1. The Hall–Kier alpha value is -2.87. The first kappa shape index (κ1) is 20.9. The number of oxazole rings is 1. The van der Waals surface area contributed by atoms with Crippen LogP contribution in [0.2, 0.25) is 0 Å². The molecule has 0 saturated heterocycles. The molecule has 29 heavy (non-hydrogen) atoms. The zero-order valence-corrected chi connectivity index (χ0v) is 18.3. The van der Waals surface area contributed by atoms with Crippen LogP contribution in [0.4, 0.5) is 0 Å². The van der Waals surface area contributed by atoms with Gasteiger partial charge in [-0.3, -0.25) is 4.99 Å². The third kappa shape index (κ3) is 5.57. The number of rotatable bonds is 6. The molecule has 0 amide bonds. The molecule has 7 nitrogen and oxygen atoms in total. The van der Waals surface area contributed by atoms with E-state index < -0.39 is 0 Å². The van der Waals surface area contributed by atoms with Gasteiger partial charge in [0.05, 0.1) is 32.1 Å². The van der Waals surface area contributed by atoms with E-state index in [-0.39, 0.29) is 5.41 Å². The number of nitrogens with one attached hydrogen (secondary N) is 2. The summed E-state index contributed by atoms with van der Waals surface area (Å²) in [5.41, 5.74) is 1.97. The van der Waals surface area contributed by atoms with Crippen molar-refractivity contribution in [1.82, 2.24) is 20.6 Å². The normalized spacial score (nSPS) is 12.1. The molecule has 0 atom stereocenters. The Labute approximate surface area is 175 Å². The second-order valence-electron chi connectivity index (χ2n) is 7.52. The van der Waals surface area contributed by atoms with Gasteiger partial charge in [-0.05, 0) is 24.3 Å². The van der Waals surface area contributed by atoms with Gasteiger partial charge in [0, 0.05) is 23.4 Å². The molecule has 0 aliphatic rings. The van der Waals surface area contributed by atoms with Crippen molar-refractivity contribution in [3.05, 3.63) is 53.2 Å². The summed E-state index contributed by atoms with van der Waals surface area (Å²) < 4.78 is 11.0. The summed E-state index contributed by atoms with van der Waals surface area (Å²) in [6, 6.07) is 7.90. The van der Waals surface area contributed by atoms with Crippen molar-refractivity contribution in [1.29, 1.82) is 0 Å². The predicted octanol–water partition coefficient (Wildman–Crippen LogP) is 3.97.